The highest BCUT2D eigenvalue weighted by Gasteiger charge is 2.35. The summed E-state index contributed by atoms with van der Waals surface area (Å²) in [4.78, 5) is 3.41. The Bertz CT molecular complexity index is 734. The molecule has 0 bridgehead atoms. The second-order valence-electron chi connectivity index (χ2n) is 3.52. The van der Waals surface area contributed by atoms with Crippen molar-refractivity contribution < 1.29 is 30.9 Å². The van der Waals surface area contributed by atoms with Crippen LogP contribution in [0, 0.1) is 0 Å². The molecular weight excluding hydrogens is 323 g/mol. The fourth-order valence-corrected chi connectivity index (χ4v) is 2.68. The molecule has 1 N–H and O–H groups in total. The van der Waals surface area contributed by atoms with Crippen molar-refractivity contribution in [2.75, 3.05) is 0 Å². The number of nitrogens with zero attached hydrogens (tertiary/aromatic N) is 3. The molecule has 20 heavy (non-hydrogen) atoms. The van der Waals surface area contributed by atoms with E-state index in [9.17, 15) is 21.6 Å². The second-order valence-corrected chi connectivity index (χ2v) is 5.71. The minimum Gasteiger partial charge on any atom is -0.410 e. The van der Waals surface area contributed by atoms with E-state index in [1.165, 1.54) is 0 Å². The van der Waals surface area contributed by atoms with Crippen LogP contribution >= 0.6 is 11.3 Å². The summed E-state index contributed by atoms with van der Waals surface area (Å²) >= 11 is 0.691. The first-order valence-corrected chi connectivity index (χ1v) is 7.11. The van der Waals surface area contributed by atoms with E-state index in [4.69, 9.17) is 9.29 Å². The zero-order valence-electron chi connectivity index (χ0n) is 9.62. The number of rotatable bonds is 3. The molecule has 0 unspecified atom stereocenters. The van der Waals surface area contributed by atoms with E-state index < -0.39 is 32.9 Å². The van der Waals surface area contributed by atoms with Gasteiger partial charge in [0.05, 0.1) is 0 Å². The normalized spacial score (nSPS) is 12.7. The maximum atomic E-state index is 12.5. The Morgan fingerprint density at radius 3 is 2.55 bits per heavy atom. The van der Waals surface area contributed by atoms with Crippen LogP contribution in [0.4, 0.5) is 13.2 Å². The third-order valence-corrected chi connectivity index (χ3v) is 3.67. The van der Waals surface area contributed by atoms with Gasteiger partial charge in [0.2, 0.25) is 5.88 Å². The summed E-state index contributed by atoms with van der Waals surface area (Å²) in [5, 5.41) is 3.55. The molecule has 0 aliphatic heterocycles. The van der Waals surface area contributed by atoms with Crippen LogP contribution in [-0.4, -0.2) is 27.7 Å². The van der Waals surface area contributed by atoms with Crippen LogP contribution in [0.1, 0.15) is 5.69 Å². The number of hydrogen-bond donors (Lipinski definition) is 1. The van der Waals surface area contributed by atoms with Crippen molar-refractivity contribution >= 4 is 21.5 Å². The maximum Gasteiger partial charge on any atom is 0.433 e. The van der Waals surface area contributed by atoms with Crippen LogP contribution in [0.2, 0.25) is 0 Å². The summed E-state index contributed by atoms with van der Waals surface area (Å²) in [5.41, 5.74) is -1.03. The van der Waals surface area contributed by atoms with Crippen molar-refractivity contribution in [3.05, 3.63) is 17.1 Å². The molecule has 2 aromatic rings. The highest BCUT2D eigenvalue weighted by Crippen LogP contribution is 2.33. The van der Waals surface area contributed by atoms with Gasteiger partial charge >= 0.3 is 16.3 Å². The van der Waals surface area contributed by atoms with Crippen LogP contribution in [0.3, 0.4) is 0 Å². The van der Waals surface area contributed by atoms with E-state index in [1.807, 2.05) is 0 Å². The summed E-state index contributed by atoms with van der Waals surface area (Å²) in [6, 6.07) is 0.647. The number of hydrogen-bond acceptors (Lipinski definition) is 6. The molecule has 0 spiro atoms. The van der Waals surface area contributed by atoms with Gasteiger partial charge in [0.25, 0.3) is 5.19 Å². The number of ether oxygens (including phenoxy) is 1. The van der Waals surface area contributed by atoms with Gasteiger partial charge in [-0.1, -0.05) is 11.3 Å². The van der Waals surface area contributed by atoms with Gasteiger partial charge in [-0.25, -0.2) is 0 Å². The standard InChI is InChI=1S/C8H6F3N3O4S2/c1-14-4(8(9,10)11)2-5(13-14)18-7-12-6(3-19-7)20(15,16)17/h2-3H,1H3,(H,15,16,17). The monoisotopic (exact) mass is 329 g/mol. The van der Waals surface area contributed by atoms with Crippen molar-refractivity contribution in [2.45, 2.75) is 11.2 Å². The largest absolute Gasteiger partial charge is 0.433 e. The van der Waals surface area contributed by atoms with Gasteiger partial charge in [-0.15, -0.1) is 5.10 Å². The number of halogens is 3. The molecule has 0 atom stereocenters. The highest BCUT2D eigenvalue weighted by molar-refractivity contribution is 7.85. The zero-order valence-corrected chi connectivity index (χ0v) is 11.3. The zero-order chi connectivity index (χ0) is 15.1. The topological polar surface area (TPSA) is 94.3 Å². The van der Waals surface area contributed by atoms with Crippen molar-refractivity contribution in [2.24, 2.45) is 7.05 Å². The lowest BCUT2D eigenvalue weighted by Crippen LogP contribution is -2.11. The smallest absolute Gasteiger partial charge is 0.410 e. The summed E-state index contributed by atoms with van der Waals surface area (Å²) in [7, 11) is -3.40. The molecule has 7 nitrogen and oxygen atoms in total. The first kappa shape index (κ1) is 14.7. The van der Waals surface area contributed by atoms with Crippen LogP contribution in [0.25, 0.3) is 0 Å². The van der Waals surface area contributed by atoms with Gasteiger partial charge in [0.15, 0.2) is 5.03 Å². The Balaban J connectivity index is 2.25. The first-order chi connectivity index (χ1) is 9.07. The lowest BCUT2D eigenvalue weighted by atomic mass is 10.4. The van der Waals surface area contributed by atoms with Crippen molar-refractivity contribution in [3.63, 3.8) is 0 Å². The molecule has 2 aromatic heterocycles. The molecule has 0 saturated carbocycles. The Morgan fingerprint density at radius 1 is 1.45 bits per heavy atom. The minimum absolute atomic E-state index is 0.260. The maximum absolute atomic E-state index is 12.5. The lowest BCUT2D eigenvalue weighted by molar-refractivity contribution is -0.143. The van der Waals surface area contributed by atoms with E-state index in [2.05, 4.69) is 10.1 Å². The molecule has 0 aliphatic carbocycles. The van der Waals surface area contributed by atoms with E-state index in [-0.39, 0.29) is 5.19 Å². The van der Waals surface area contributed by atoms with Crippen molar-refractivity contribution in [1.29, 1.82) is 0 Å². The summed E-state index contributed by atoms with van der Waals surface area (Å²) in [5.74, 6) is -0.393. The number of aryl methyl sites for hydroxylation is 1. The average Bonchev–Trinajstić information content (AvgIpc) is 2.84. The number of aromatic nitrogens is 3. The third kappa shape index (κ3) is 3.08. The molecule has 0 amide bonds. The van der Waals surface area contributed by atoms with Gasteiger partial charge < -0.3 is 4.74 Å². The summed E-state index contributed by atoms with van der Waals surface area (Å²) < 4.78 is 73.3. The van der Waals surface area contributed by atoms with E-state index >= 15 is 0 Å². The fourth-order valence-electron chi connectivity index (χ4n) is 1.25. The minimum atomic E-state index is -4.59. The highest BCUT2D eigenvalue weighted by atomic mass is 32.2. The molecular formula is C8H6F3N3O4S2. The van der Waals surface area contributed by atoms with E-state index in [0.29, 0.717) is 22.1 Å². The predicted octanol–water partition coefficient (Wildman–Crippen LogP) is 1.93. The lowest BCUT2D eigenvalue weighted by Gasteiger charge is -2.04. The van der Waals surface area contributed by atoms with Crippen LogP contribution in [0.5, 0.6) is 11.1 Å². The molecule has 110 valence electrons. The van der Waals surface area contributed by atoms with Gasteiger partial charge in [-0.05, 0) is 0 Å². The van der Waals surface area contributed by atoms with Gasteiger partial charge in [0, 0.05) is 18.5 Å². The molecule has 0 radical (unpaired) electrons. The Morgan fingerprint density at radius 2 is 2.10 bits per heavy atom. The average molecular weight is 329 g/mol. The first-order valence-electron chi connectivity index (χ1n) is 4.79. The molecule has 0 saturated heterocycles. The molecule has 0 fully saturated rings. The summed E-state index contributed by atoms with van der Waals surface area (Å²) in [6.45, 7) is 0. The quantitative estimate of drug-likeness (QED) is 0.865. The van der Waals surface area contributed by atoms with Gasteiger partial charge in [-0.3, -0.25) is 9.23 Å². The predicted molar refractivity (Wildman–Crippen MR) is 60.2 cm³/mol. The van der Waals surface area contributed by atoms with Gasteiger partial charge in [-0.2, -0.15) is 26.6 Å². The molecule has 0 aliphatic rings. The Labute approximate surface area is 114 Å². The van der Waals surface area contributed by atoms with Crippen LogP contribution in [-0.2, 0) is 23.3 Å². The van der Waals surface area contributed by atoms with Crippen LogP contribution in [0.15, 0.2) is 16.5 Å². The second kappa shape index (κ2) is 4.71. The number of alkyl halides is 3. The molecule has 2 heterocycles. The van der Waals surface area contributed by atoms with E-state index in [1.54, 1.807) is 0 Å². The third-order valence-electron chi connectivity index (χ3n) is 2.07. The van der Waals surface area contributed by atoms with Crippen LogP contribution < -0.4 is 4.74 Å². The molecule has 2 rings (SSSR count). The van der Waals surface area contributed by atoms with Crippen molar-refractivity contribution in [1.82, 2.24) is 14.8 Å². The number of thiazole rings is 1. The SMILES string of the molecule is Cn1nc(Oc2nc(S(=O)(=O)O)cs2)cc1C(F)(F)F. The van der Waals surface area contributed by atoms with E-state index in [0.717, 1.165) is 12.4 Å². The Kier molecular flexibility index (Phi) is 3.47. The fraction of sp³-hybridized carbons (Fsp3) is 0.250. The van der Waals surface area contributed by atoms with Gasteiger partial charge in [0.1, 0.15) is 5.69 Å². The molecule has 0 aromatic carbocycles. The summed E-state index contributed by atoms with van der Waals surface area (Å²) in [6.07, 6.45) is -4.59. The van der Waals surface area contributed by atoms with Crippen molar-refractivity contribution in [3.8, 4) is 11.1 Å². The molecule has 12 heteroatoms. The Hall–Kier alpha value is -1.66.